The van der Waals surface area contributed by atoms with Crippen LogP contribution in [0.1, 0.15) is 5.76 Å². The molecule has 29 heavy (non-hydrogen) atoms. The molecule has 0 bridgehead atoms. The van der Waals surface area contributed by atoms with Crippen molar-refractivity contribution in [3.63, 3.8) is 0 Å². The molecular formula is C21H12BrFN2O3S. The Morgan fingerprint density at radius 1 is 1.07 bits per heavy atom. The summed E-state index contributed by atoms with van der Waals surface area (Å²) in [4.78, 5) is 26.3. The summed E-state index contributed by atoms with van der Waals surface area (Å²) in [6, 6.07) is 16.3. The number of furan rings is 1. The van der Waals surface area contributed by atoms with Gasteiger partial charge in [0.1, 0.15) is 22.9 Å². The number of nitrogens with zero attached hydrogens (tertiary/aromatic N) is 1. The first-order chi connectivity index (χ1) is 13.9. The fourth-order valence-electron chi connectivity index (χ4n) is 2.85. The summed E-state index contributed by atoms with van der Waals surface area (Å²) in [6.07, 6.45) is 1.34. The van der Waals surface area contributed by atoms with Gasteiger partial charge in [0.05, 0.1) is 5.69 Å². The van der Waals surface area contributed by atoms with Crippen molar-refractivity contribution in [2.45, 2.75) is 0 Å². The summed E-state index contributed by atoms with van der Waals surface area (Å²) in [5.41, 5.74) is 0.903. The maximum absolute atomic E-state index is 13.6. The Morgan fingerprint density at radius 3 is 2.55 bits per heavy atom. The highest BCUT2D eigenvalue weighted by molar-refractivity contribution is 9.10. The van der Waals surface area contributed by atoms with Gasteiger partial charge in [-0.2, -0.15) is 0 Å². The second-order valence-corrected chi connectivity index (χ2v) is 7.45. The molecule has 2 heterocycles. The Bertz CT molecular complexity index is 1170. The van der Waals surface area contributed by atoms with E-state index in [4.69, 9.17) is 16.6 Å². The van der Waals surface area contributed by atoms with E-state index in [0.29, 0.717) is 11.5 Å². The molecule has 1 aliphatic heterocycles. The molecule has 1 aromatic heterocycles. The fraction of sp³-hybridized carbons (Fsp3) is 0. The van der Waals surface area contributed by atoms with Gasteiger partial charge < -0.3 is 4.42 Å². The van der Waals surface area contributed by atoms with Crippen LogP contribution < -0.4 is 10.2 Å². The van der Waals surface area contributed by atoms with E-state index in [1.807, 2.05) is 24.3 Å². The quantitative estimate of drug-likeness (QED) is 0.343. The molecule has 1 saturated heterocycles. The smallest absolute Gasteiger partial charge is 0.270 e. The van der Waals surface area contributed by atoms with Gasteiger partial charge in [0.2, 0.25) is 0 Å². The molecule has 2 amide bonds. The van der Waals surface area contributed by atoms with Crippen molar-refractivity contribution in [3.8, 4) is 11.3 Å². The Hall–Kier alpha value is -3.10. The Labute approximate surface area is 178 Å². The standard InChI is InChI=1S/C21H12BrFN2O3S/c22-13-6-4-12(5-7-13)18-9-8-16(28-18)11-17-19(26)24-21(29)25(20(17)27)15-3-1-2-14(23)10-15/h1-11H,(H,24,26,29)/b17-11-. The van der Waals surface area contributed by atoms with Gasteiger partial charge in [0.15, 0.2) is 5.11 Å². The first kappa shape index (κ1) is 19.2. The van der Waals surface area contributed by atoms with Gasteiger partial charge in [-0.1, -0.05) is 34.1 Å². The predicted octanol–water partition coefficient (Wildman–Crippen LogP) is 4.68. The van der Waals surface area contributed by atoms with Gasteiger partial charge in [0, 0.05) is 10.0 Å². The number of nitrogens with one attached hydrogen (secondary N) is 1. The van der Waals surface area contributed by atoms with E-state index in [9.17, 15) is 14.0 Å². The van der Waals surface area contributed by atoms with Gasteiger partial charge >= 0.3 is 0 Å². The minimum absolute atomic E-state index is 0.113. The molecule has 2 aromatic carbocycles. The summed E-state index contributed by atoms with van der Waals surface area (Å²) >= 11 is 8.47. The molecule has 1 N–H and O–H groups in total. The van der Waals surface area contributed by atoms with Gasteiger partial charge in [-0.25, -0.2) is 4.39 Å². The zero-order chi connectivity index (χ0) is 20.5. The van der Waals surface area contributed by atoms with Gasteiger partial charge in [0.25, 0.3) is 11.8 Å². The summed E-state index contributed by atoms with van der Waals surface area (Å²) in [5, 5.41) is 2.34. The van der Waals surface area contributed by atoms with Crippen molar-refractivity contribution < 1.29 is 18.4 Å². The topological polar surface area (TPSA) is 62.6 Å². The van der Waals surface area contributed by atoms with E-state index in [0.717, 1.165) is 21.0 Å². The van der Waals surface area contributed by atoms with Gasteiger partial charge in [-0.3, -0.25) is 19.8 Å². The molecule has 8 heteroatoms. The van der Waals surface area contributed by atoms with E-state index in [2.05, 4.69) is 21.2 Å². The van der Waals surface area contributed by atoms with Crippen LogP contribution in [0.15, 0.2) is 75.1 Å². The SMILES string of the molecule is O=C1NC(=S)N(c2cccc(F)c2)C(=O)/C1=C\c1ccc(-c2ccc(Br)cc2)o1. The van der Waals surface area contributed by atoms with Crippen LogP contribution in [0.25, 0.3) is 17.4 Å². The molecule has 0 unspecified atom stereocenters. The zero-order valence-corrected chi connectivity index (χ0v) is 17.1. The van der Waals surface area contributed by atoms with Crippen molar-refractivity contribution in [1.29, 1.82) is 0 Å². The second kappa shape index (κ2) is 7.73. The van der Waals surface area contributed by atoms with Crippen molar-refractivity contribution in [2.24, 2.45) is 0 Å². The highest BCUT2D eigenvalue weighted by Gasteiger charge is 2.34. The van der Waals surface area contributed by atoms with Crippen LogP contribution in [0, 0.1) is 5.82 Å². The van der Waals surface area contributed by atoms with Crippen LogP contribution in [-0.2, 0) is 9.59 Å². The van der Waals surface area contributed by atoms with Crippen LogP contribution in [0.5, 0.6) is 0 Å². The van der Waals surface area contributed by atoms with Crippen molar-refractivity contribution in [1.82, 2.24) is 5.32 Å². The Morgan fingerprint density at radius 2 is 1.83 bits per heavy atom. The largest absolute Gasteiger partial charge is 0.457 e. The number of rotatable bonds is 3. The van der Waals surface area contributed by atoms with E-state index in [-0.39, 0.29) is 16.4 Å². The molecular weight excluding hydrogens is 459 g/mol. The van der Waals surface area contributed by atoms with Crippen LogP contribution >= 0.6 is 28.1 Å². The molecule has 0 aliphatic carbocycles. The normalized spacial score (nSPS) is 15.7. The lowest BCUT2D eigenvalue weighted by molar-refractivity contribution is -0.122. The van der Waals surface area contributed by atoms with Gasteiger partial charge in [-0.15, -0.1) is 0 Å². The molecule has 5 nitrogen and oxygen atoms in total. The van der Waals surface area contributed by atoms with Crippen LogP contribution in [0.3, 0.4) is 0 Å². The average Bonchev–Trinajstić information content (AvgIpc) is 3.14. The number of benzene rings is 2. The number of hydrogen-bond donors (Lipinski definition) is 1. The molecule has 3 aromatic rings. The molecule has 0 saturated carbocycles. The van der Waals surface area contributed by atoms with E-state index < -0.39 is 17.6 Å². The molecule has 0 atom stereocenters. The maximum atomic E-state index is 13.6. The summed E-state index contributed by atoms with van der Waals surface area (Å²) in [6.45, 7) is 0. The molecule has 0 radical (unpaired) electrons. The van der Waals surface area contributed by atoms with E-state index >= 15 is 0 Å². The summed E-state index contributed by atoms with van der Waals surface area (Å²) in [5.74, 6) is -0.912. The number of carbonyl (C=O) groups is 2. The number of amides is 2. The van der Waals surface area contributed by atoms with Gasteiger partial charge in [-0.05, 0) is 60.8 Å². The fourth-order valence-corrected chi connectivity index (χ4v) is 3.39. The average molecular weight is 471 g/mol. The van der Waals surface area contributed by atoms with Crippen LogP contribution in [0.2, 0.25) is 0 Å². The lowest BCUT2D eigenvalue weighted by Crippen LogP contribution is -2.54. The molecule has 1 fully saturated rings. The van der Waals surface area contributed by atoms with Crippen molar-refractivity contribution in [3.05, 3.63) is 82.3 Å². The van der Waals surface area contributed by atoms with Crippen LogP contribution in [0.4, 0.5) is 10.1 Å². The molecule has 0 spiro atoms. The monoisotopic (exact) mass is 470 g/mol. The lowest BCUT2D eigenvalue weighted by atomic mass is 10.1. The third-order valence-electron chi connectivity index (χ3n) is 4.21. The molecule has 4 rings (SSSR count). The third-order valence-corrected chi connectivity index (χ3v) is 5.02. The molecule has 1 aliphatic rings. The van der Waals surface area contributed by atoms with Crippen LogP contribution in [-0.4, -0.2) is 16.9 Å². The maximum Gasteiger partial charge on any atom is 0.270 e. The number of hydrogen-bond acceptors (Lipinski definition) is 4. The lowest BCUT2D eigenvalue weighted by Gasteiger charge is -2.28. The number of thiocarbonyl (C=S) groups is 1. The first-order valence-corrected chi connectivity index (χ1v) is 9.65. The van der Waals surface area contributed by atoms with Crippen molar-refractivity contribution in [2.75, 3.05) is 4.90 Å². The minimum Gasteiger partial charge on any atom is -0.457 e. The highest BCUT2D eigenvalue weighted by atomic mass is 79.9. The Kier molecular flexibility index (Phi) is 5.12. The minimum atomic E-state index is -0.661. The summed E-state index contributed by atoms with van der Waals surface area (Å²) < 4.78 is 20.3. The first-order valence-electron chi connectivity index (χ1n) is 8.45. The number of halogens is 2. The second-order valence-electron chi connectivity index (χ2n) is 6.15. The zero-order valence-electron chi connectivity index (χ0n) is 14.7. The third kappa shape index (κ3) is 3.90. The molecule has 144 valence electrons. The predicted molar refractivity (Wildman–Crippen MR) is 114 cm³/mol. The van der Waals surface area contributed by atoms with Crippen molar-refractivity contribution >= 4 is 56.8 Å². The highest BCUT2D eigenvalue weighted by Crippen LogP contribution is 2.27. The van der Waals surface area contributed by atoms with E-state index in [1.165, 1.54) is 24.3 Å². The summed E-state index contributed by atoms with van der Waals surface area (Å²) in [7, 11) is 0. The number of anilines is 1. The van der Waals surface area contributed by atoms with E-state index in [1.54, 1.807) is 12.1 Å². The number of carbonyl (C=O) groups excluding carboxylic acids is 2. The Balaban J connectivity index is 1.67.